The van der Waals surface area contributed by atoms with E-state index in [2.05, 4.69) is 45.9 Å². The zero-order chi connectivity index (χ0) is 15.7. The quantitative estimate of drug-likeness (QED) is 0.605. The van der Waals surface area contributed by atoms with E-state index in [1.54, 1.807) is 0 Å². The zero-order valence-electron chi connectivity index (χ0n) is 14.5. The van der Waals surface area contributed by atoms with E-state index in [1.807, 2.05) is 6.92 Å². The summed E-state index contributed by atoms with van der Waals surface area (Å²) in [6, 6.07) is 0. The average Bonchev–Trinajstić information content (AvgIpc) is 2.42. The minimum absolute atomic E-state index is 0.226. The normalized spacial score (nSPS) is 37.0. The van der Waals surface area contributed by atoms with Crippen molar-refractivity contribution in [1.29, 1.82) is 0 Å². The topological polar surface area (TPSA) is 17.1 Å². The van der Waals surface area contributed by atoms with Gasteiger partial charge in [0.1, 0.15) is 0 Å². The van der Waals surface area contributed by atoms with Crippen molar-refractivity contribution in [1.82, 2.24) is 0 Å². The second-order valence-corrected chi connectivity index (χ2v) is 8.32. The molecule has 2 aliphatic rings. The first-order chi connectivity index (χ1) is 9.76. The predicted molar refractivity (Wildman–Crippen MR) is 90.1 cm³/mol. The van der Waals surface area contributed by atoms with Gasteiger partial charge in [0.15, 0.2) is 5.78 Å². The molecule has 0 aromatic heterocycles. The molecule has 21 heavy (non-hydrogen) atoms. The fourth-order valence-corrected chi connectivity index (χ4v) is 4.44. The largest absolute Gasteiger partial charge is 0.295 e. The molecule has 118 valence electrons. The van der Waals surface area contributed by atoms with E-state index < -0.39 is 0 Å². The Morgan fingerprint density at radius 1 is 1.24 bits per heavy atom. The van der Waals surface area contributed by atoms with Crippen LogP contribution in [0.5, 0.6) is 0 Å². The van der Waals surface area contributed by atoms with Crippen molar-refractivity contribution in [2.24, 2.45) is 22.7 Å². The van der Waals surface area contributed by atoms with E-state index >= 15 is 0 Å². The van der Waals surface area contributed by atoms with Crippen LogP contribution in [0.15, 0.2) is 23.8 Å². The maximum atomic E-state index is 11.7. The van der Waals surface area contributed by atoms with Crippen LogP contribution < -0.4 is 0 Å². The van der Waals surface area contributed by atoms with Crippen molar-refractivity contribution in [2.75, 3.05) is 0 Å². The maximum Gasteiger partial charge on any atom is 0.158 e. The van der Waals surface area contributed by atoms with E-state index in [0.717, 1.165) is 30.3 Å². The number of allylic oxidation sites excluding steroid dienone is 4. The molecule has 2 rings (SSSR count). The number of ketones is 1. The fraction of sp³-hybridized carbons (Fsp3) is 0.750. The van der Waals surface area contributed by atoms with Crippen LogP contribution >= 0.6 is 0 Å². The lowest BCUT2D eigenvalue weighted by Crippen LogP contribution is -2.34. The molecule has 0 radical (unpaired) electrons. The van der Waals surface area contributed by atoms with Gasteiger partial charge >= 0.3 is 0 Å². The smallest absolute Gasteiger partial charge is 0.158 e. The predicted octanol–water partition coefficient (Wildman–Crippen LogP) is 5.71. The summed E-state index contributed by atoms with van der Waals surface area (Å²) in [5.74, 6) is 1.89. The first-order valence-corrected chi connectivity index (χ1v) is 8.63. The van der Waals surface area contributed by atoms with Gasteiger partial charge in [-0.2, -0.15) is 0 Å². The molecule has 2 aliphatic carbocycles. The van der Waals surface area contributed by atoms with Crippen LogP contribution in [0.1, 0.15) is 73.1 Å². The molecule has 1 heteroatoms. The molecule has 0 aliphatic heterocycles. The Morgan fingerprint density at radius 2 is 1.95 bits per heavy atom. The van der Waals surface area contributed by atoms with Crippen LogP contribution in [-0.4, -0.2) is 5.78 Å². The van der Waals surface area contributed by atoms with Crippen molar-refractivity contribution in [3.05, 3.63) is 23.8 Å². The number of Topliss-reactive ketones (excluding diaryl/α,β-unsaturated/α-hetero) is 1. The highest BCUT2D eigenvalue weighted by molar-refractivity contribution is 5.95. The van der Waals surface area contributed by atoms with Gasteiger partial charge in [0.2, 0.25) is 0 Å². The Hall–Kier alpha value is -0.850. The van der Waals surface area contributed by atoms with Crippen LogP contribution in [0.25, 0.3) is 0 Å². The highest BCUT2D eigenvalue weighted by Crippen LogP contribution is 2.48. The summed E-state index contributed by atoms with van der Waals surface area (Å²) in [4.78, 5) is 11.7. The van der Waals surface area contributed by atoms with Crippen LogP contribution in [0.4, 0.5) is 0 Å². The van der Waals surface area contributed by atoms with Crippen molar-refractivity contribution in [3.63, 3.8) is 0 Å². The van der Waals surface area contributed by atoms with Crippen LogP contribution in [-0.2, 0) is 4.79 Å². The van der Waals surface area contributed by atoms with Crippen molar-refractivity contribution >= 4 is 5.78 Å². The van der Waals surface area contributed by atoms with Crippen LogP contribution in [0.2, 0.25) is 0 Å². The van der Waals surface area contributed by atoms with Gasteiger partial charge in [-0.25, -0.2) is 0 Å². The number of hydrogen-bond donors (Lipinski definition) is 0. The van der Waals surface area contributed by atoms with E-state index in [4.69, 9.17) is 0 Å². The summed E-state index contributed by atoms with van der Waals surface area (Å²) in [6.45, 7) is 11.5. The fourth-order valence-electron chi connectivity index (χ4n) is 4.44. The summed E-state index contributed by atoms with van der Waals surface area (Å²) in [5, 5.41) is 0. The monoisotopic (exact) mass is 288 g/mol. The highest BCUT2D eigenvalue weighted by atomic mass is 16.1. The van der Waals surface area contributed by atoms with E-state index in [-0.39, 0.29) is 5.41 Å². The Labute approximate surface area is 130 Å². The number of carbonyl (C=O) groups excluding carboxylic acids is 1. The Morgan fingerprint density at radius 3 is 2.57 bits per heavy atom. The molecule has 0 aromatic rings. The van der Waals surface area contributed by atoms with E-state index in [0.29, 0.717) is 11.2 Å². The zero-order valence-corrected chi connectivity index (χ0v) is 14.5. The second kappa shape index (κ2) is 6.10. The molecule has 1 nitrogen and oxygen atoms in total. The summed E-state index contributed by atoms with van der Waals surface area (Å²) >= 11 is 0. The van der Waals surface area contributed by atoms with Gasteiger partial charge < -0.3 is 0 Å². The molecular formula is C20H32O. The highest BCUT2D eigenvalue weighted by Gasteiger charge is 2.38. The van der Waals surface area contributed by atoms with Crippen LogP contribution in [0.3, 0.4) is 0 Å². The Kier molecular flexibility index (Phi) is 4.80. The van der Waals surface area contributed by atoms with Crippen molar-refractivity contribution in [3.8, 4) is 0 Å². The summed E-state index contributed by atoms with van der Waals surface area (Å²) < 4.78 is 0. The van der Waals surface area contributed by atoms with Gasteiger partial charge in [-0.15, -0.1) is 0 Å². The van der Waals surface area contributed by atoms with Crippen LogP contribution in [0, 0.1) is 22.7 Å². The Bertz CT molecular complexity index is 456. The molecule has 0 N–H and O–H groups in total. The molecule has 0 amide bonds. The van der Waals surface area contributed by atoms with Gasteiger partial charge in [0.05, 0.1) is 0 Å². The minimum atomic E-state index is 0.226. The lowest BCUT2D eigenvalue weighted by molar-refractivity contribution is -0.116. The van der Waals surface area contributed by atoms with Gasteiger partial charge in [-0.3, -0.25) is 4.79 Å². The standard InChI is InChI=1S/C20H32O/c1-15(2)17-8-6-7-10-20(17,5)13-12-19(4)11-9-18(21)16(3)14-19/h6-7,14-15,17H,8-13H2,1-5H3/t17-,19-,20-/m1/s1. The third-order valence-corrected chi connectivity index (χ3v) is 6.04. The van der Waals surface area contributed by atoms with Gasteiger partial charge in [-0.05, 0) is 67.3 Å². The average molecular weight is 288 g/mol. The van der Waals surface area contributed by atoms with E-state index in [9.17, 15) is 4.79 Å². The number of hydrogen-bond acceptors (Lipinski definition) is 1. The molecule has 0 spiro atoms. The van der Waals surface area contributed by atoms with Crippen molar-refractivity contribution < 1.29 is 4.79 Å². The second-order valence-electron chi connectivity index (χ2n) is 8.32. The molecule has 3 atom stereocenters. The molecule has 0 saturated carbocycles. The molecular weight excluding hydrogens is 256 g/mol. The molecule has 0 saturated heterocycles. The molecule has 0 bridgehead atoms. The molecule has 0 heterocycles. The first-order valence-electron chi connectivity index (χ1n) is 8.63. The first kappa shape index (κ1) is 16.5. The van der Waals surface area contributed by atoms with Crippen molar-refractivity contribution in [2.45, 2.75) is 73.1 Å². The van der Waals surface area contributed by atoms with Gasteiger partial charge in [0.25, 0.3) is 0 Å². The lowest BCUT2D eigenvalue weighted by Gasteiger charge is -2.44. The third-order valence-electron chi connectivity index (χ3n) is 6.04. The van der Waals surface area contributed by atoms with Gasteiger partial charge in [0, 0.05) is 6.42 Å². The number of carbonyl (C=O) groups is 1. The van der Waals surface area contributed by atoms with Gasteiger partial charge in [-0.1, -0.05) is 45.9 Å². The summed E-state index contributed by atoms with van der Waals surface area (Å²) in [6.07, 6.45) is 13.7. The lowest BCUT2D eigenvalue weighted by atomic mass is 9.61. The minimum Gasteiger partial charge on any atom is -0.295 e. The molecule has 0 aromatic carbocycles. The summed E-state index contributed by atoms with van der Waals surface area (Å²) in [7, 11) is 0. The van der Waals surface area contributed by atoms with E-state index in [1.165, 1.54) is 25.7 Å². The Balaban J connectivity index is 2.07. The SMILES string of the molecule is CC1=C[C@@](C)(CC[C@@]2(C)CC=CC[C@@H]2C(C)C)CCC1=O. The maximum absolute atomic E-state index is 11.7. The molecule has 0 fully saturated rings. The molecule has 0 unspecified atom stereocenters. The third kappa shape index (κ3) is 3.67. The number of rotatable bonds is 4. The summed E-state index contributed by atoms with van der Waals surface area (Å²) in [5.41, 5.74) is 1.64.